The highest BCUT2D eigenvalue weighted by Crippen LogP contribution is 2.29. The van der Waals surface area contributed by atoms with Crippen molar-refractivity contribution < 1.29 is 24.2 Å². The average molecular weight is 344 g/mol. The summed E-state index contributed by atoms with van der Waals surface area (Å²) in [6.07, 6.45) is 0.190. The van der Waals surface area contributed by atoms with Gasteiger partial charge in [0.1, 0.15) is 6.04 Å². The number of methoxy groups -OCH3 is 2. The van der Waals surface area contributed by atoms with E-state index in [2.05, 4.69) is 10.6 Å². The molecule has 0 saturated heterocycles. The van der Waals surface area contributed by atoms with Gasteiger partial charge in [0, 0.05) is 18.2 Å². The number of amides is 2. The lowest BCUT2D eigenvalue weighted by Gasteiger charge is -2.16. The summed E-state index contributed by atoms with van der Waals surface area (Å²) in [6, 6.07) is 12.3. The Hall–Kier alpha value is -3.22. The zero-order valence-electron chi connectivity index (χ0n) is 14.0. The molecule has 2 aromatic carbocycles. The zero-order chi connectivity index (χ0) is 18.2. The first-order valence-corrected chi connectivity index (χ1v) is 7.59. The molecule has 0 aliphatic heterocycles. The van der Waals surface area contributed by atoms with Crippen LogP contribution in [0.3, 0.4) is 0 Å². The highest BCUT2D eigenvalue weighted by molar-refractivity contribution is 5.92. The Balaban J connectivity index is 2.03. The van der Waals surface area contributed by atoms with Crippen molar-refractivity contribution in [3.8, 4) is 11.5 Å². The Bertz CT molecular complexity index is 734. The minimum absolute atomic E-state index is 0.190. The predicted molar refractivity (Wildman–Crippen MR) is 93.3 cm³/mol. The van der Waals surface area contributed by atoms with Gasteiger partial charge < -0.3 is 25.2 Å². The van der Waals surface area contributed by atoms with Crippen molar-refractivity contribution in [3.63, 3.8) is 0 Å². The molecule has 7 nitrogen and oxygen atoms in total. The second-order valence-corrected chi connectivity index (χ2v) is 5.25. The summed E-state index contributed by atoms with van der Waals surface area (Å²) in [6.45, 7) is 0. The molecule has 132 valence electrons. The molecule has 3 N–H and O–H groups in total. The lowest BCUT2D eigenvalue weighted by Crippen LogP contribution is -2.44. The van der Waals surface area contributed by atoms with Crippen LogP contribution in [0.15, 0.2) is 48.5 Å². The van der Waals surface area contributed by atoms with E-state index < -0.39 is 18.0 Å². The van der Waals surface area contributed by atoms with Gasteiger partial charge in [-0.25, -0.2) is 9.59 Å². The maximum absolute atomic E-state index is 12.1. The molecule has 2 rings (SSSR count). The smallest absolute Gasteiger partial charge is 0.326 e. The fourth-order valence-corrected chi connectivity index (χ4v) is 2.29. The zero-order valence-corrected chi connectivity index (χ0v) is 14.0. The van der Waals surface area contributed by atoms with Gasteiger partial charge in [-0.1, -0.05) is 30.3 Å². The molecule has 0 heterocycles. The van der Waals surface area contributed by atoms with E-state index in [0.717, 1.165) is 5.56 Å². The van der Waals surface area contributed by atoms with Gasteiger partial charge >= 0.3 is 12.0 Å². The summed E-state index contributed by atoms with van der Waals surface area (Å²) in [4.78, 5) is 23.5. The van der Waals surface area contributed by atoms with Gasteiger partial charge in [-0.15, -0.1) is 0 Å². The first-order chi connectivity index (χ1) is 12.0. The Morgan fingerprint density at radius 3 is 2.32 bits per heavy atom. The molecule has 1 atom stereocenters. The van der Waals surface area contributed by atoms with Crippen LogP contribution in [0.5, 0.6) is 11.5 Å². The number of rotatable bonds is 7. The van der Waals surface area contributed by atoms with Crippen LogP contribution < -0.4 is 20.1 Å². The minimum atomic E-state index is -1.11. The molecule has 0 aliphatic rings. The average Bonchev–Trinajstić information content (AvgIpc) is 2.61. The number of nitrogens with one attached hydrogen (secondary N) is 2. The van der Waals surface area contributed by atoms with E-state index >= 15 is 0 Å². The Kier molecular flexibility index (Phi) is 6.22. The number of carboxylic acid groups (broad SMARTS) is 1. The number of hydrogen-bond acceptors (Lipinski definition) is 4. The molecule has 7 heteroatoms. The Morgan fingerprint density at radius 1 is 1.04 bits per heavy atom. The van der Waals surface area contributed by atoms with E-state index in [1.165, 1.54) is 14.2 Å². The largest absolute Gasteiger partial charge is 0.493 e. The van der Waals surface area contributed by atoms with Crippen LogP contribution in [0.2, 0.25) is 0 Å². The number of carboxylic acids is 1. The summed E-state index contributed by atoms with van der Waals surface area (Å²) < 4.78 is 10.3. The van der Waals surface area contributed by atoms with Gasteiger partial charge in [0.2, 0.25) is 0 Å². The molecule has 0 aromatic heterocycles. The molecule has 0 aliphatic carbocycles. The van der Waals surface area contributed by atoms with Gasteiger partial charge in [0.15, 0.2) is 11.5 Å². The summed E-state index contributed by atoms with van der Waals surface area (Å²) in [7, 11) is 3.00. The van der Waals surface area contributed by atoms with Gasteiger partial charge in [-0.2, -0.15) is 0 Å². The van der Waals surface area contributed by atoms with Crippen molar-refractivity contribution in [2.75, 3.05) is 19.5 Å². The van der Waals surface area contributed by atoms with Crippen LogP contribution in [0.1, 0.15) is 5.56 Å². The monoisotopic (exact) mass is 344 g/mol. The van der Waals surface area contributed by atoms with E-state index in [1.54, 1.807) is 18.2 Å². The summed E-state index contributed by atoms with van der Waals surface area (Å²) in [5.74, 6) is -0.119. The lowest BCUT2D eigenvalue weighted by atomic mass is 10.1. The number of aliphatic carboxylic acids is 1. The topological polar surface area (TPSA) is 96.9 Å². The number of ether oxygens (including phenoxy) is 2. The SMILES string of the molecule is COc1ccc(NC(=O)NC(Cc2ccccc2)C(=O)O)cc1OC. The van der Waals surface area contributed by atoms with Crippen molar-refractivity contribution in [1.82, 2.24) is 5.32 Å². The van der Waals surface area contributed by atoms with Crippen molar-refractivity contribution in [2.45, 2.75) is 12.5 Å². The van der Waals surface area contributed by atoms with Crippen LogP contribution in [-0.4, -0.2) is 37.4 Å². The van der Waals surface area contributed by atoms with Crippen LogP contribution in [-0.2, 0) is 11.2 Å². The maximum atomic E-state index is 12.1. The molecule has 1 unspecified atom stereocenters. The van der Waals surface area contributed by atoms with E-state index in [4.69, 9.17) is 9.47 Å². The normalized spacial score (nSPS) is 11.3. The molecular formula is C18H20N2O5. The number of carbonyl (C=O) groups excluding carboxylic acids is 1. The highest BCUT2D eigenvalue weighted by Gasteiger charge is 2.20. The van der Waals surface area contributed by atoms with Gasteiger partial charge in [0.25, 0.3) is 0 Å². The fourth-order valence-electron chi connectivity index (χ4n) is 2.29. The number of carbonyl (C=O) groups is 2. The second-order valence-electron chi connectivity index (χ2n) is 5.25. The summed E-state index contributed by atoms with van der Waals surface area (Å²) in [5.41, 5.74) is 1.28. The molecule has 2 amide bonds. The maximum Gasteiger partial charge on any atom is 0.326 e. The van der Waals surface area contributed by atoms with Gasteiger partial charge in [-0.3, -0.25) is 0 Å². The number of hydrogen-bond donors (Lipinski definition) is 3. The van der Waals surface area contributed by atoms with Gasteiger partial charge in [-0.05, 0) is 17.7 Å². The van der Waals surface area contributed by atoms with Crippen LogP contribution in [0.4, 0.5) is 10.5 Å². The van der Waals surface area contributed by atoms with E-state index in [0.29, 0.717) is 17.2 Å². The third-order valence-electron chi connectivity index (χ3n) is 3.53. The molecule has 0 fully saturated rings. The first kappa shape index (κ1) is 18.1. The lowest BCUT2D eigenvalue weighted by molar-refractivity contribution is -0.139. The third kappa shape index (κ3) is 5.13. The van der Waals surface area contributed by atoms with Crippen LogP contribution >= 0.6 is 0 Å². The quantitative estimate of drug-likeness (QED) is 0.717. The summed E-state index contributed by atoms with van der Waals surface area (Å²) >= 11 is 0. The van der Waals surface area contributed by atoms with Crippen molar-refractivity contribution in [2.24, 2.45) is 0 Å². The van der Waals surface area contributed by atoms with E-state index in [1.807, 2.05) is 30.3 Å². The third-order valence-corrected chi connectivity index (χ3v) is 3.53. The van der Waals surface area contributed by atoms with Crippen molar-refractivity contribution in [3.05, 3.63) is 54.1 Å². The molecule has 0 saturated carbocycles. The minimum Gasteiger partial charge on any atom is -0.493 e. The molecule has 25 heavy (non-hydrogen) atoms. The predicted octanol–water partition coefficient (Wildman–Crippen LogP) is 2.52. The van der Waals surface area contributed by atoms with Crippen LogP contribution in [0.25, 0.3) is 0 Å². The van der Waals surface area contributed by atoms with E-state index in [9.17, 15) is 14.7 Å². The Labute approximate surface area is 145 Å². The van der Waals surface area contributed by atoms with Crippen LogP contribution in [0, 0.1) is 0 Å². The molecule has 2 aromatic rings. The molecule has 0 bridgehead atoms. The number of urea groups is 1. The van der Waals surface area contributed by atoms with E-state index in [-0.39, 0.29) is 6.42 Å². The standard InChI is InChI=1S/C18H20N2O5/c1-24-15-9-8-13(11-16(15)25-2)19-18(23)20-14(17(21)22)10-12-6-4-3-5-7-12/h3-9,11,14H,10H2,1-2H3,(H,21,22)(H2,19,20,23). The number of benzene rings is 2. The van der Waals surface area contributed by atoms with Crippen molar-refractivity contribution in [1.29, 1.82) is 0 Å². The molecule has 0 radical (unpaired) electrons. The highest BCUT2D eigenvalue weighted by atomic mass is 16.5. The van der Waals surface area contributed by atoms with Crippen molar-refractivity contribution >= 4 is 17.7 Å². The first-order valence-electron chi connectivity index (χ1n) is 7.59. The van der Waals surface area contributed by atoms with Gasteiger partial charge in [0.05, 0.1) is 14.2 Å². The number of anilines is 1. The fraction of sp³-hybridized carbons (Fsp3) is 0.222. The summed E-state index contributed by atoms with van der Waals surface area (Å²) in [5, 5.41) is 14.4. The second kappa shape index (κ2) is 8.58. The Morgan fingerprint density at radius 2 is 1.72 bits per heavy atom. The molecule has 0 spiro atoms. The molecular weight excluding hydrogens is 324 g/mol.